The molecule has 0 spiro atoms. The summed E-state index contributed by atoms with van der Waals surface area (Å²) < 4.78 is 20.2. The van der Waals surface area contributed by atoms with Gasteiger partial charge in [0.05, 0.1) is 12.5 Å². The van der Waals surface area contributed by atoms with Crippen LogP contribution in [0.5, 0.6) is 5.75 Å². The maximum atomic E-state index is 14.5. The summed E-state index contributed by atoms with van der Waals surface area (Å²) in [6.07, 6.45) is 3.33. The van der Waals surface area contributed by atoms with E-state index in [9.17, 15) is 9.18 Å². The highest BCUT2D eigenvalue weighted by Crippen LogP contribution is 2.36. The summed E-state index contributed by atoms with van der Waals surface area (Å²) in [6.45, 7) is 3.74. The summed E-state index contributed by atoms with van der Waals surface area (Å²) in [5.41, 5.74) is 7.04. The fourth-order valence-electron chi connectivity index (χ4n) is 3.36. The van der Waals surface area contributed by atoms with Gasteiger partial charge in [0.1, 0.15) is 22.9 Å². The van der Waals surface area contributed by atoms with Gasteiger partial charge in [-0.15, -0.1) is 0 Å². The van der Waals surface area contributed by atoms with Gasteiger partial charge in [-0.1, -0.05) is 18.2 Å². The smallest absolute Gasteiger partial charge is 0.224 e. The second kappa shape index (κ2) is 8.82. The first-order valence-electron chi connectivity index (χ1n) is 10.4. The number of nitrogens with zero attached hydrogens (tertiary/aromatic N) is 3. The molecular weight excluding hydrogens is 421 g/mol. The minimum Gasteiger partial charge on any atom is -0.494 e. The normalized spacial score (nSPS) is 11.4. The lowest BCUT2D eigenvalue weighted by Gasteiger charge is -2.22. The van der Waals surface area contributed by atoms with Gasteiger partial charge in [0.25, 0.3) is 0 Å². The van der Waals surface area contributed by atoms with Crippen LogP contribution in [0.4, 0.5) is 10.2 Å². The van der Waals surface area contributed by atoms with E-state index in [1.165, 1.54) is 13.2 Å². The summed E-state index contributed by atoms with van der Waals surface area (Å²) in [5, 5.41) is 3.87. The van der Waals surface area contributed by atoms with Crippen LogP contribution < -0.4 is 15.8 Å². The molecule has 0 fully saturated rings. The number of amides is 1. The van der Waals surface area contributed by atoms with Crippen molar-refractivity contribution in [2.24, 2.45) is 11.1 Å². The molecule has 168 valence electrons. The number of hydrogen-bond acceptors (Lipinski definition) is 6. The second-order valence-electron chi connectivity index (χ2n) is 8.29. The monoisotopic (exact) mass is 445 g/mol. The SMILES string of the molecule is COc1cc(-c2ccccc2F)cc2c(NCC(C)(C)C(N)=O)nc(-c3cccnc3)nc12. The number of methoxy groups -OCH3 is 1. The number of hydrogen-bond donors (Lipinski definition) is 2. The number of ether oxygens (including phenoxy) is 1. The third kappa shape index (κ3) is 4.45. The van der Waals surface area contributed by atoms with Crippen molar-refractivity contribution in [3.63, 3.8) is 0 Å². The van der Waals surface area contributed by atoms with E-state index in [-0.39, 0.29) is 12.4 Å². The van der Waals surface area contributed by atoms with Gasteiger partial charge >= 0.3 is 0 Å². The second-order valence-corrected chi connectivity index (χ2v) is 8.29. The Bertz CT molecular complexity index is 1330. The molecule has 7 nitrogen and oxygen atoms in total. The van der Waals surface area contributed by atoms with Crippen molar-refractivity contribution in [2.75, 3.05) is 19.0 Å². The zero-order valence-electron chi connectivity index (χ0n) is 18.6. The molecule has 33 heavy (non-hydrogen) atoms. The van der Waals surface area contributed by atoms with Gasteiger partial charge in [0.15, 0.2) is 5.82 Å². The van der Waals surface area contributed by atoms with Gasteiger partial charge in [-0.3, -0.25) is 9.78 Å². The molecule has 0 radical (unpaired) electrons. The molecule has 4 aromatic rings. The van der Waals surface area contributed by atoms with Crippen LogP contribution in [-0.2, 0) is 4.79 Å². The third-order valence-corrected chi connectivity index (χ3v) is 5.45. The Labute approximate surface area is 190 Å². The number of fused-ring (bicyclic) bond motifs is 1. The number of aromatic nitrogens is 3. The number of anilines is 1. The van der Waals surface area contributed by atoms with Crippen LogP contribution in [0.3, 0.4) is 0 Å². The van der Waals surface area contributed by atoms with Gasteiger partial charge in [-0.25, -0.2) is 14.4 Å². The summed E-state index contributed by atoms with van der Waals surface area (Å²) >= 11 is 0. The van der Waals surface area contributed by atoms with Crippen molar-refractivity contribution in [3.05, 3.63) is 66.7 Å². The quantitative estimate of drug-likeness (QED) is 0.436. The largest absolute Gasteiger partial charge is 0.494 e. The van der Waals surface area contributed by atoms with E-state index in [1.807, 2.05) is 12.1 Å². The molecule has 0 bridgehead atoms. The molecule has 8 heteroatoms. The standard InChI is InChI=1S/C25H24FN5O2/c1-25(2,24(27)32)14-29-23-18-11-16(17-8-4-5-9-19(17)26)12-20(33-3)21(18)30-22(31-23)15-7-6-10-28-13-15/h4-13H,14H2,1-3H3,(H2,27,32)(H,29,30,31). The average Bonchev–Trinajstić information content (AvgIpc) is 2.82. The lowest BCUT2D eigenvalue weighted by atomic mass is 9.92. The summed E-state index contributed by atoms with van der Waals surface area (Å²) in [5.74, 6) is 0.591. The van der Waals surface area contributed by atoms with E-state index < -0.39 is 11.3 Å². The molecule has 4 rings (SSSR count). The molecule has 0 aliphatic rings. The van der Waals surface area contributed by atoms with E-state index >= 15 is 0 Å². The molecule has 3 N–H and O–H groups in total. The lowest BCUT2D eigenvalue weighted by Crippen LogP contribution is -2.37. The van der Waals surface area contributed by atoms with E-state index in [0.29, 0.717) is 39.4 Å². The van der Waals surface area contributed by atoms with Crippen LogP contribution in [0.15, 0.2) is 60.9 Å². The van der Waals surface area contributed by atoms with E-state index in [4.69, 9.17) is 20.4 Å². The Morgan fingerprint density at radius 3 is 2.58 bits per heavy atom. The topological polar surface area (TPSA) is 103 Å². The first-order chi connectivity index (χ1) is 15.8. The zero-order valence-corrected chi connectivity index (χ0v) is 18.6. The van der Waals surface area contributed by atoms with Crippen LogP contribution in [0.25, 0.3) is 33.4 Å². The molecule has 0 aliphatic heterocycles. The van der Waals surface area contributed by atoms with Crippen LogP contribution in [-0.4, -0.2) is 34.5 Å². The van der Waals surface area contributed by atoms with Crippen molar-refractivity contribution in [3.8, 4) is 28.3 Å². The van der Waals surface area contributed by atoms with Crippen molar-refractivity contribution in [1.82, 2.24) is 15.0 Å². The minimum absolute atomic E-state index is 0.243. The molecule has 0 aliphatic carbocycles. The van der Waals surface area contributed by atoms with Crippen LogP contribution in [0.1, 0.15) is 13.8 Å². The van der Waals surface area contributed by atoms with E-state index in [0.717, 1.165) is 5.56 Å². The Morgan fingerprint density at radius 2 is 1.91 bits per heavy atom. The van der Waals surface area contributed by atoms with Crippen molar-refractivity contribution >= 4 is 22.6 Å². The number of halogens is 1. The third-order valence-electron chi connectivity index (χ3n) is 5.45. The highest BCUT2D eigenvalue weighted by Gasteiger charge is 2.26. The van der Waals surface area contributed by atoms with E-state index in [2.05, 4.69) is 10.3 Å². The van der Waals surface area contributed by atoms with Crippen molar-refractivity contribution < 1.29 is 13.9 Å². The first-order valence-corrected chi connectivity index (χ1v) is 10.4. The maximum absolute atomic E-state index is 14.5. The Kier molecular flexibility index (Phi) is 5.91. The highest BCUT2D eigenvalue weighted by molar-refractivity contribution is 5.98. The number of pyridine rings is 1. The highest BCUT2D eigenvalue weighted by atomic mass is 19.1. The predicted molar refractivity (Wildman–Crippen MR) is 126 cm³/mol. The fraction of sp³-hybridized carbons (Fsp3) is 0.200. The summed E-state index contributed by atoms with van der Waals surface area (Å²) in [7, 11) is 1.54. The fourth-order valence-corrected chi connectivity index (χ4v) is 3.36. The molecule has 0 atom stereocenters. The summed E-state index contributed by atoms with van der Waals surface area (Å²) in [4.78, 5) is 25.4. The van der Waals surface area contributed by atoms with Gasteiger partial charge in [0.2, 0.25) is 5.91 Å². The number of nitrogens with two attached hydrogens (primary N) is 1. The molecular formula is C25H24FN5O2. The van der Waals surface area contributed by atoms with E-state index in [1.54, 1.807) is 56.6 Å². The number of carbonyl (C=O) groups excluding carboxylic acids is 1. The molecule has 1 amide bonds. The average molecular weight is 445 g/mol. The number of primary amides is 1. The number of carbonyl (C=O) groups is 1. The summed E-state index contributed by atoms with van der Waals surface area (Å²) in [6, 6.07) is 13.7. The van der Waals surface area contributed by atoms with Crippen molar-refractivity contribution in [2.45, 2.75) is 13.8 Å². The number of nitrogens with one attached hydrogen (secondary N) is 1. The maximum Gasteiger partial charge on any atom is 0.224 e. The number of rotatable bonds is 7. The Morgan fingerprint density at radius 1 is 1.12 bits per heavy atom. The molecule has 0 saturated heterocycles. The predicted octanol–water partition coefficient (Wildman–Crippen LogP) is 4.43. The first kappa shape index (κ1) is 22.1. The van der Waals surface area contributed by atoms with Crippen LogP contribution >= 0.6 is 0 Å². The molecule has 2 aromatic heterocycles. The zero-order chi connectivity index (χ0) is 23.6. The lowest BCUT2D eigenvalue weighted by molar-refractivity contribution is -0.125. The Balaban J connectivity index is 1.94. The Hall–Kier alpha value is -4.07. The molecule has 0 saturated carbocycles. The van der Waals surface area contributed by atoms with Crippen LogP contribution in [0.2, 0.25) is 0 Å². The van der Waals surface area contributed by atoms with Crippen molar-refractivity contribution in [1.29, 1.82) is 0 Å². The van der Waals surface area contributed by atoms with Gasteiger partial charge < -0.3 is 15.8 Å². The van der Waals surface area contributed by atoms with Gasteiger partial charge in [-0.05, 0) is 49.7 Å². The minimum atomic E-state index is -0.820. The van der Waals surface area contributed by atoms with Gasteiger partial charge in [-0.2, -0.15) is 0 Å². The molecule has 0 unspecified atom stereocenters. The molecule has 2 aromatic carbocycles. The number of benzene rings is 2. The molecule has 2 heterocycles. The van der Waals surface area contributed by atoms with Crippen LogP contribution in [0, 0.1) is 11.2 Å². The van der Waals surface area contributed by atoms with Gasteiger partial charge in [0, 0.05) is 35.5 Å².